The molecule has 102 valence electrons. The molecule has 0 radical (unpaired) electrons. The second kappa shape index (κ2) is 6.59. The minimum absolute atomic E-state index is 0.136. The van der Waals surface area contributed by atoms with Crippen LogP contribution >= 0.6 is 27.3 Å². The van der Waals surface area contributed by atoms with Gasteiger partial charge in [0.05, 0.1) is 15.5 Å². The molecule has 0 spiro atoms. The zero-order valence-electron chi connectivity index (χ0n) is 10.9. The molecule has 0 amide bonds. The minimum Gasteiger partial charge on any atom is -0.305 e. The van der Waals surface area contributed by atoms with E-state index in [9.17, 15) is 4.39 Å². The van der Waals surface area contributed by atoms with Crippen molar-refractivity contribution in [3.63, 3.8) is 0 Å². The highest BCUT2D eigenvalue weighted by atomic mass is 79.9. The number of nitrogens with zero attached hydrogens (tertiary/aromatic N) is 1. The summed E-state index contributed by atoms with van der Waals surface area (Å²) in [4.78, 5) is 5.31. The second-order valence-electron chi connectivity index (χ2n) is 4.31. The molecule has 5 heteroatoms. The summed E-state index contributed by atoms with van der Waals surface area (Å²) in [5.74, 6) is -0.206. The number of benzene rings is 1. The Morgan fingerprint density at radius 1 is 1.47 bits per heavy atom. The third-order valence-electron chi connectivity index (χ3n) is 2.81. The van der Waals surface area contributed by atoms with E-state index in [1.165, 1.54) is 0 Å². The van der Waals surface area contributed by atoms with Gasteiger partial charge in [0.15, 0.2) is 0 Å². The summed E-state index contributed by atoms with van der Waals surface area (Å²) >= 11 is 4.85. The fraction of sp³-hybridized carbons (Fsp3) is 0.357. The van der Waals surface area contributed by atoms with Gasteiger partial charge in [0.2, 0.25) is 0 Å². The van der Waals surface area contributed by atoms with Gasteiger partial charge in [-0.05, 0) is 41.9 Å². The number of rotatable bonds is 5. The number of aromatic nitrogens is 1. The number of aryl methyl sites for hydroxylation is 1. The third kappa shape index (κ3) is 3.41. The summed E-state index contributed by atoms with van der Waals surface area (Å²) in [6.45, 7) is 4.90. The van der Waals surface area contributed by atoms with Crippen molar-refractivity contribution in [1.29, 1.82) is 0 Å². The Morgan fingerprint density at radius 2 is 2.26 bits per heavy atom. The molecule has 0 saturated heterocycles. The van der Waals surface area contributed by atoms with Crippen molar-refractivity contribution in [2.75, 3.05) is 6.54 Å². The van der Waals surface area contributed by atoms with Crippen LogP contribution in [0, 0.1) is 12.7 Å². The van der Waals surface area contributed by atoms with Crippen LogP contribution < -0.4 is 5.32 Å². The van der Waals surface area contributed by atoms with Gasteiger partial charge in [0, 0.05) is 16.6 Å². The van der Waals surface area contributed by atoms with E-state index in [4.69, 9.17) is 0 Å². The van der Waals surface area contributed by atoms with Crippen LogP contribution in [0.25, 0.3) is 0 Å². The van der Waals surface area contributed by atoms with Gasteiger partial charge in [-0.2, -0.15) is 0 Å². The van der Waals surface area contributed by atoms with E-state index in [0.717, 1.165) is 22.9 Å². The standard InChI is InChI=1S/C14H16BrFN2S/c1-3-7-17-14(12-8-18-9(2)19-12)10-5-4-6-11(15)13(10)16/h4-6,8,14,17H,3,7H2,1-2H3. The largest absolute Gasteiger partial charge is 0.305 e. The average Bonchev–Trinajstić information content (AvgIpc) is 2.81. The van der Waals surface area contributed by atoms with Crippen LogP contribution in [0.2, 0.25) is 0 Å². The molecular weight excluding hydrogens is 327 g/mol. The van der Waals surface area contributed by atoms with Gasteiger partial charge < -0.3 is 5.32 Å². The highest BCUT2D eigenvalue weighted by molar-refractivity contribution is 9.10. The molecule has 0 bridgehead atoms. The average molecular weight is 343 g/mol. The van der Waals surface area contributed by atoms with Gasteiger partial charge in [-0.15, -0.1) is 11.3 Å². The zero-order valence-corrected chi connectivity index (χ0v) is 13.3. The van der Waals surface area contributed by atoms with E-state index in [1.807, 2.05) is 25.3 Å². The number of hydrogen-bond donors (Lipinski definition) is 1. The normalized spacial score (nSPS) is 12.6. The van der Waals surface area contributed by atoms with Gasteiger partial charge in [-0.3, -0.25) is 0 Å². The van der Waals surface area contributed by atoms with Gasteiger partial charge in [-0.25, -0.2) is 9.37 Å². The molecule has 2 rings (SSSR count). The summed E-state index contributed by atoms with van der Waals surface area (Å²) < 4.78 is 14.8. The Balaban J connectivity index is 2.39. The van der Waals surface area contributed by atoms with Crippen LogP contribution in [-0.4, -0.2) is 11.5 Å². The van der Waals surface area contributed by atoms with Crippen LogP contribution in [0.15, 0.2) is 28.9 Å². The number of hydrogen-bond acceptors (Lipinski definition) is 3. The van der Waals surface area contributed by atoms with Gasteiger partial charge in [-0.1, -0.05) is 19.1 Å². The van der Waals surface area contributed by atoms with E-state index in [0.29, 0.717) is 10.0 Å². The van der Waals surface area contributed by atoms with Gasteiger partial charge in [0.1, 0.15) is 5.82 Å². The quantitative estimate of drug-likeness (QED) is 0.868. The second-order valence-corrected chi connectivity index (χ2v) is 6.43. The van der Waals surface area contributed by atoms with Crippen LogP contribution in [-0.2, 0) is 0 Å². The van der Waals surface area contributed by atoms with E-state index in [1.54, 1.807) is 17.4 Å². The number of thiazole rings is 1. The Kier molecular flexibility index (Phi) is 5.07. The first-order valence-electron chi connectivity index (χ1n) is 6.23. The first-order valence-corrected chi connectivity index (χ1v) is 7.84. The van der Waals surface area contributed by atoms with Crippen LogP contribution in [0.5, 0.6) is 0 Å². The maximum atomic E-state index is 14.3. The van der Waals surface area contributed by atoms with Crippen molar-refractivity contribution in [2.24, 2.45) is 0 Å². The predicted octanol–water partition coefficient (Wildman–Crippen LogP) is 4.44. The first kappa shape index (κ1) is 14.6. The molecule has 1 N–H and O–H groups in total. The molecular formula is C14H16BrFN2S. The fourth-order valence-electron chi connectivity index (χ4n) is 1.91. The van der Waals surface area contributed by atoms with Crippen LogP contribution in [0.1, 0.15) is 34.8 Å². The SMILES string of the molecule is CCCNC(c1cnc(C)s1)c1cccc(Br)c1F. The maximum Gasteiger partial charge on any atom is 0.142 e. The molecule has 0 saturated carbocycles. The minimum atomic E-state index is -0.206. The molecule has 1 aromatic carbocycles. The van der Waals surface area contributed by atoms with Gasteiger partial charge >= 0.3 is 0 Å². The van der Waals surface area contributed by atoms with E-state index >= 15 is 0 Å². The summed E-state index contributed by atoms with van der Waals surface area (Å²) in [6, 6.07) is 5.26. The predicted molar refractivity (Wildman–Crippen MR) is 81.1 cm³/mol. The van der Waals surface area contributed by atoms with E-state index in [2.05, 4.69) is 33.2 Å². The molecule has 1 aromatic heterocycles. The van der Waals surface area contributed by atoms with Crippen molar-refractivity contribution in [3.8, 4) is 0 Å². The Morgan fingerprint density at radius 3 is 2.89 bits per heavy atom. The molecule has 1 atom stereocenters. The highest BCUT2D eigenvalue weighted by Crippen LogP contribution is 2.31. The lowest BCUT2D eigenvalue weighted by molar-refractivity contribution is 0.547. The van der Waals surface area contributed by atoms with Crippen molar-refractivity contribution >= 4 is 27.3 Å². The first-order chi connectivity index (χ1) is 9.13. The van der Waals surface area contributed by atoms with Crippen molar-refractivity contribution in [3.05, 3.63) is 50.1 Å². The lowest BCUT2D eigenvalue weighted by Crippen LogP contribution is -2.23. The van der Waals surface area contributed by atoms with Crippen LogP contribution in [0.4, 0.5) is 4.39 Å². The lowest BCUT2D eigenvalue weighted by atomic mass is 10.1. The number of nitrogens with one attached hydrogen (secondary N) is 1. The van der Waals surface area contributed by atoms with Crippen LogP contribution in [0.3, 0.4) is 0 Å². The lowest BCUT2D eigenvalue weighted by Gasteiger charge is -2.18. The molecule has 1 unspecified atom stereocenters. The summed E-state index contributed by atoms with van der Waals surface area (Å²) in [5.41, 5.74) is 0.659. The van der Waals surface area contributed by atoms with Crippen molar-refractivity contribution < 1.29 is 4.39 Å². The molecule has 2 aromatic rings. The molecule has 0 aliphatic heterocycles. The molecule has 1 heterocycles. The molecule has 0 aliphatic carbocycles. The Labute approximate surface area is 125 Å². The highest BCUT2D eigenvalue weighted by Gasteiger charge is 2.20. The molecule has 0 fully saturated rings. The Hall–Kier alpha value is -0.780. The number of halogens is 2. The molecule has 19 heavy (non-hydrogen) atoms. The van der Waals surface area contributed by atoms with E-state index < -0.39 is 0 Å². The van der Waals surface area contributed by atoms with Crippen molar-refractivity contribution in [1.82, 2.24) is 10.3 Å². The monoisotopic (exact) mass is 342 g/mol. The molecule has 2 nitrogen and oxygen atoms in total. The summed E-state index contributed by atoms with van der Waals surface area (Å²) in [7, 11) is 0. The fourth-order valence-corrected chi connectivity index (χ4v) is 3.17. The zero-order chi connectivity index (χ0) is 13.8. The Bertz CT molecular complexity index is 556. The third-order valence-corrected chi connectivity index (χ3v) is 4.40. The van der Waals surface area contributed by atoms with E-state index in [-0.39, 0.29) is 11.9 Å². The smallest absolute Gasteiger partial charge is 0.142 e. The summed E-state index contributed by atoms with van der Waals surface area (Å²) in [6.07, 6.45) is 2.83. The summed E-state index contributed by atoms with van der Waals surface area (Å²) in [5, 5.41) is 4.39. The maximum absolute atomic E-state index is 14.3. The van der Waals surface area contributed by atoms with Gasteiger partial charge in [0.25, 0.3) is 0 Å². The molecule has 0 aliphatic rings. The van der Waals surface area contributed by atoms with Crippen molar-refractivity contribution in [2.45, 2.75) is 26.3 Å². The topological polar surface area (TPSA) is 24.9 Å².